The molecule has 0 aliphatic carbocycles. The molecule has 0 radical (unpaired) electrons. The maximum absolute atomic E-state index is 14.4. The van der Waals surface area contributed by atoms with E-state index < -0.39 is 23.8 Å². The van der Waals surface area contributed by atoms with Crippen LogP contribution in [0.5, 0.6) is 0 Å². The summed E-state index contributed by atoms with van der Waals surface area (Å²) in [6.07, 6.45) is 3.69. The van der Waals surface area contributed by atoms with Gasteiger partial charge in [0.05, 0.1) is 10.7 Å². The minimum atomic E-state index is -0.938. The van der Waals surface area contributed by atoms with Crippen LogP contribution in [0, 0.1) is 19.8 Å². The molecule has 2 aromatic rings. The molecule has 3 atom stereocenters. The Morgan fingerprint density at radius 1 is 0.976 bits per heavy atom. The molecular formula is C33H48ClN3O4. The van der Waals surface area contributed by atoms with Crippen molar-refractivity contribution in [3.05, 3.63) is 64.2 Å². The zero-order valence-corrected chi connectivity index (χ0v) is 26.7. The third-order valence-electron chi connectivity index (χ3n) is 7.11. The first-order chi connectivity index (χ1) is 19.3. The molecule has 0 saturated carbocycles. The fraction of sp³-hybridized carbons (Fsp3) is 0.545. The van der Waals surface area contributed by atoms with E-state index in [1.807, 2.05) is 64.1 Å². The summed E-state index contributed by atoms with van der Waals surface area (Å²) in [5.41, 5.74) is 2.34. The number of alkyl carbamates (subject to hydrolysis) is 1. The van der Waals surface area contributed by atoms with E-state index >= 15 is 0 Å². The quantitative estimate of drug-likeness (QED) is 0.233. The van der Waals surface area contributed by atoms with Crippen LogP contribution in [0.3, 0.4) is 0 Å². The topological polar surface area (TPSA) is 87.7 Å². The van der Waals surface area contributed by atoms with Crippen LogP contribution in [-0.4, -0.2) is 41.0 Å². The summed E-state index contributed by atoms with van der Waals surface area (Å²) >= 11 is 6.47. The number of carbonyl (C=O) groups excluding carboxylic acids is 3. The van der Waals surface area contributed by atoms with Gasteiger partial charge < -0.3 is 20.3 Å². The van der Waals surface area contributed by atoms with Crippen LogP contribution in [0.2, 0.25) is 5.02 Å². The number of para-hydroxylation sites is 1. The lowest BCUT2D eigenvalue weighted by Gasteiger charge is -2.36. The Hall–Kier alpha value is -3.06. The predicted molar refractivity (Wildman–Crippen MR) is 167 cm³/mol. The van der Waals surface area contributed by atoms with Crippen molar-refractivity contribution in [1.82, 2.24) is 10.2 Å². The van der Waals surface area contributed by atoms with Gasteiger partial charge in [-0.25, -0.2) is 4.79 Å². The van der Waals surface area contributed by atoms with E-state index in [-0.39, 0.29) is 17.7 Å². The average molecular weight is 586 g/mol. The Morgan fingerprint density at radius 2 is 1.63 bits per heavy atom. The first-order valence-corrected chi connectivity index (χ1v) is 15.1. The van der Waals surface area contributed by atoms with E-state index in [0.29, 0.717) is 29.2 Å². The summed E-state index contributed by atoms with van der Waals surface area (Å²) < 4.78 is 5.50. The van der Waals surface area contributed by atoms with Gasteiger partial charge >= 0.3 is 6.09 Å². The number of amides is 3. The molecule has 226 valence electrons. The first-order valence-electron chi connectivity index (χ1n) is 14.7. The standard InChI is InChI=1S/C33H48ClN3O4/c1-9-11-12-13-21-37(31(39)28(23(4)10-2)36-32(40)41-33(6,7)8)29(25-19-17-22(3)18-20-25)30(38)35-27-24(5)15-14-16-26(27)34/h14-20,23,28-29H,9-13,21H2,1-8H3,(H,35,38)(H,36,40). The van der Waals surface area contributed by atoms with Gasteiger partial charge in [0.25, 0.3) is 5.91 Å². The van der Waals surface area contributed by atoms with Crippen LogP contribution >= 0.6 is 11.6 Å². The number of anilines is 1. The molecule has 0 saturated heterocycles. The molecule has 2 rings (SSSR count). The molecule has 41 heavy (non-hydrogen) atoms. The monoisotopic (exact) mass is 585 g/mol. The van der Waals surface area contributed by atoms with Gasteiger partial charge in [0.1, 0.15) is 17.7 Å². The van der Waals surface area contributed by atoms with Gasteiger partial charge in [-0.3, -0.25) is 9.59 Å². The lowest BCUT2D eigenvalue weighted by atomic mass is 9.95. The summed E-state index contributed by atoms with van der Waals surface area (Å²) in [5, 5.41) is 6.25. The number of hydrogen-bond donors (Lipinski definition) is 2. The molecule has 3 amide bonds. The number of benzene rings is 2. The lowest BCUT2D eigenvalue weighted by Crippen LogP contribution is -2.55. The van der Waals surface area contributed by atoms with Gasteiger partial charge in [0.2, 0.25) is 5.91 Å². The highest BCUT2D eigenvalue weighted by Crippen LogP contribution is 2.30. The zero-order chi connectivity index (χ0) is 30.7. The number of unbranched alkanes of at least 4 members (excludes halogenated alkanes) is 3. The van der Waals surface area contributed by atoms with Crippen molar-refractivity contribution in [2.75, 3.05) is 11.9 Å². The number of nitrogens with one attached hydrogen (secondary N) is 2. The lowest BCUT2D eigenvalue weighted by molar-refractivity contribution is -0.142. The van der Waals surface area contributed by atoms with Crippen molar-refractivity contribution >= 4 is 35.2 Å². The van der Waals surface area contributed by atoms with E-state index in [2.05, 4.69) is 17.6 Å². The predicted octanol–water partition coefficient (Wildman–Crippen LogP) is 7.98. The van der Waals surface area contributed by atoms with E-state index in [1.54, 1.807) is 31.7 Å². The summed E-state index contributed by atoms with van der Waals surface area (Å²) in [6, 6.07) is 11.2. The van der Waals surface area contributed by atoms with Crippen molar-refractivity contribution in [3.63, 3.8) is 0 Å². The van der Waals surface area contributed by atoms with Gasteiger partial charge in [0, 0.05) is 6.54 Å². The second-order valence-corrected chi connectivity index (χ2v) is 12.2. The van der Waals surface area contributed by atoms with Gasteiger partial charge in [-0.1, -0.05) is 100 Å². The Morgan fingerprint density at radius 3 is 2.20 bits per heavy atom. The molecule has 2 N–H and O–H groups in total. The molecule has 0 heterocycles. The van der Waals surface area contributed by atoms with Gasteiger partial charge in [0.15, 0.2) is 0 Å². The summed E-state index contributed by atoms with van der Waals surface area (Å²) in [5.74, 6) is -0.881. The molecule has 0 aliphatic rings. The molecule has 3 unspecified atom stereocenters. The van der Waals surface area contributed by atoms with Crippen molar-refractivity contribution in [2.24, 2.45) is 5.92 Å². The van der Waals surface area contributed by atoms with Crippen molar-refractivity contribution < 1.29 is 19.1 Å². The van der Waals surface area contributed by atoms with E-state index in [0.717, 1.165) is 36.8 Å². The zero-order valence-electron chi connectivity index (χ0n) is 26.0. The number of ether oxygens (including phenoxy) is 1. The number of rotatable bonds is 13. The maximum atomic E-state index is 14.4. The van der Waals surface area contributed by atoms with Crippen LogP contribution in [0.25, 0.3) is 0 Å². The van der Waals surface area contributed by atoms with E-state index in [9.17, 15) is 14.4 Å². The molecule has 0 bridgehead atoms. The minimum absolute atomic E-state index is 0.194. The highest BCUT2D eigenvalue weighted by molar-refractivity contribution is 6.34. The van der Waals surface area contributed by atoms with Gasteiger partial charge in [-0.05, 0) is 64.2 Å². The Labute approximate surface area is 251 Å². The van der Waals surface area contributed by atoms with Crippen LogP contribution < -0.4 is 10.6 Å². The normalized spacial score (nSPS) is 13.6. The van der Waals surface area contributed by atoms with Crippen molar-refractivity contribution in [3.8, 4) is 0 Å². The van der Waals surface area contributed by atoms with Crippen molar-refractivity contribution in [2.45, 2.75) is 105 Å². The van der Waals surface area contributed by atoms with Gasteiger partial charge in [-0.2, -0.15) is 0 Å². The Bertz CT molecular complexity index is 1140. The highest BCUT2D eigenvalue weighted by Gasteiger charge is 2.38. The maximum Gasteiger partial charge on any atom is 0.408 e. The second-order valence-electron chi connectivity index (χ2n) is 11.8. The number of hydrogen-bond acceptors (Lipinski definition) is 4. The SMILES string of the molecule is CCCCCCN(C(=O)C(NC(=O)OC(C)(C)C)C(C)CC)C(C(=O)Nc1c(C)cccc1Cl)c1ccc(C)cc1. The molecule has 0 aliphatic heterocycles. The number of halogens is 1. The molecule has 2 aromatic carbocycles. The van der Waals surface area contributed by atoms with Crippen LogP contribution in [0.15, 0.2) is 42.5 Å². The molecule has 8 heteroatoms. The molecule has 7 nitrogen and oxygen atoms in total. The van der Waals surface area contributed by atoms with Crippen LogP contribution in [0.1, 0.15) is 96.4 Å². The fourth-order valence-electron chi connectivity index (χ4n) is 4.58. The van der Waals surface area contributed by atoms with Gasteiger partial charge in [-0.15, -0.1) is 0 Å². The van der Waals surface area contributed by atoms with Crippen molar-refractivity contribution in [1.29, 1.82) is 0 Å². The third kappa shape index (κ3) is 10.4. The number of carbonyl (C=O) groups is 3. The summed E-state index contributed by atoms with van der Waals surface area (Å²) in [4.78, 5) is 43.0. The highest BCUT2D eigenvalue weighted by atomic mass is 35.5. The van der Waals surface area contributed by atoms with E-state index in [1.165, 1.54) is 0 Å². The Kier molecular flexibility index (Phi) is 13.2. The smallest absolute Gasteiger partial charge is 0.408 e. The minimum Gasteiger partial charge on any atom is -0.444 e. The summed E-state index contributed by atoms with van der Waals surface area (Å²) in [6.45, 7) is 15.6. The Balaban J connectivity index is 2.59. The first kappa shape index (κ1) is 34.1. The second kappa shape index (κ2) is 15.8. The fourth-order valence-corrected chi connectivity index (χ4v) is 4.84. The number of aryl methyl sites for hydroxylation is 2. The molecule has 0 fully saturated rings. The summed E-state index contributed by atoms with van der Waals surface area (Å²) in [7, 11) is 0. The molecule has 0 spiro atoms. The van der Waals surface area contributed by atoms with Crippen LogP contribution in [0.4, 0.5) is 10.5 Å². The molecule has 0 aromatic heterocycles. The van der Waals surface area contributed by atoms with E-state index in [4.69, 9.17) is 16.3 Å². The number of nitrogens with zero attached hydrogens (tertiary/aromatic N) is 1. The molecular weight excluding hydrogens is 538 g/mol. The average Bonchev–Trinajstić information content (AvgIpc) is 2.90. The largest absolute Gasteiger partial charge is 0.444 e. The van der Waals surface area contributed by atoms with Crippen LogP contribution in [-0.2, 0) is 14.3 Å². The third-order valence-corrected chi connectivity index (χ3v) is 7.43.